The molecular formula is C23H32Cl2N2. The summed E-state index contributed by atoms with van der Waals surface area (Å²) in [6, 6.07) is 4.31. The third-order valence-corrected chi connectivity index (χ3v) is 7.03. The first-order chi connectivity index (χ1) is 12.6. The van der Waals surface area contributed by atoms with Gasteiger partial charge in [0.25, 0.3) is 0 Å². The molecule has 2 aromatic carbocycles. The summed E-state index contributed by atoms with van der Waals surface area (Å²) in [7, 11) is 0. The van der Waals surface area contributed by atoms with Gasteiger partial charge in [0.1, 0.15) is 0 Å². The first-order valence-electron chi connectivity index (χ1n) is 9.78. The highest BCUT2D eigenvalue weighted by Crippen LogP contribution is 2.39. The normalized spacial score (nSPS) is 13.6. The molecule has 0 amide bonds. The summed E-state index contributed by atoms with van der Waals surface area (Å²) in [5, 5.41) is 1.46. The second-order valence-corrected chi connectivity index (χ2v) is 8.51. The smallest absolute Gasteiger partial charge is 0.0491 e. The predicted molar refractivity (Wildman–Crippen MR) is 121 cm³/mol. The van der Waals surface area contributed by atoms with Crippen LogP contribution in [0.25, 0.3) is 0 Å². The third kappa shape index (κ3) is 4.22. The number of hydrogen-bond acceptors (Lipinski definition) is 2. The minimum atomic E-state index is 0.388. The van der Waals surface area contributed by atoms with Crippen LogP contribution in [0, 0.1) is 13.8 Å². The number of anilines is 2. The summed E-state index contributed by atoms with van der Waals surface area (Å²) < 4.78 is 0. The van der Waals surface area contributed by atoms with Gasteiger partial charge in [0.2, 0.25) is 0 Å². The quantitative estimate of drug-likeness (QED) is 0.491. The van der Waals surface area contributed by atoms with Crippen LogP contribution >= 0.6 is 23.2 Å². The van der Waals surface area contributed by atoms with E-state index in [9.17, 15) is 0 Å². The van der Waals surface area contributed by atoms with E-state index in [1.54, 1.807) is 0 Å². The lowest BCUT2D eigenvalue weighted by Crippen LogP contribution is -2.07. The summed E-state index contributed by atoms with van der Waals surface area (Å²) in [4.78, 5) is 0. The van der Waals surface area contributed by atoms with Gasteiger partial charge in [0.05, 0.1) is 0 Å². The van der Waals surface area contributed by atoms with Crippen LogP contribution in [0.2, 0.25) is 10.0 Å². The van der Waals surface area contributed by atoms with Crippen LogP contribution in [0.5, 0.6) is 0 Å². The minimum Gasteiger partial charge on any atom is -0.398 e. The van der Waals surface area contributed by atoms with Crippen molar-refractivity contribution in [3.63, 3.8) is 0 Å². The number of halogens is 2. The van der Waals surface area contributed by atoms with E-state index in [0.717, 1.165) is 56.5 Å². The summed E-state index contributed by atoms with van der Waals surface area (Å²) in [5.41, 5.74) is 20.7. The van der Waals surface area contributed by atoms with Crippen molar-refractivity contribution in [3.05, 3.63) is 55.6 Å². The fourth-order valence-electron chi connectivity index (χ4n) is 3.53. The molecule has 0 saturated carbocycles. The Hall–Kier alpha value is -1.38. The fraction of sp³-hybridized carbons (Fsp3) is 0.478. The molecule has 0 aromatic heterocycles. The van der Waals surface area contributed by atoms with Crippen LogP contribution in [0.4, 0.5) is 11.4 Å². The molecule has 2 atom stereocenters. The largest absolute Gasteiger partial charge is 0.398 e. The Kier molecular flexibility index (Phi) is 7.10. The van der Waals surface area contributed by atoms with Crippen LogP contribution in [0.1, 0.15) is 85.8 Å². The van der Waals surface area contributed by atoms with Gasteiger partial charge in [-0.1, -0.05) is 63.0 Å². The maximum Gasteiger partial charge on any atom is 0.0491 e. The zero-order chi connectivity index (χ0) is 20.5. The monoisotopic (exact) mass is 406 g/mol. The maximum absolute atomic E-state index is 6.67. The highest BCUT2D eigenvalue weighted by molar-refractivity contribution is 6.33. The van der Waals surface area contributed by atoms with Crippen molar-refractivity contribution < 1.29 is 0 Å². The topological polar surface area (TPSA) is 52.0 Å². The Bertz CT molecular complexity index is 774. The average molecular weight is 407 g/mol. The van der Waals surface area contributed by atoms with E-state index < -0.39 is 0 Å². The standard InChI is InChI=1S/C23H32Cl2N2/c1-7-12(3)18-10-16(20(24)14(5)22(18)26)9-17-11-19(13(4)8-2)23(27)15(6)21(17)25/h10-13H,7-9,26-27H2,1-6H3. The molecule has 2 rings (SSSR count). The Morgan fingerprint density at radius 3 is 1.41 bits per heavy atom. The summed E-state index contributed by atoms with van der Waals surface area (Å²) in [5.74, 6) is 0.776. The van der Waals surface area contributed by atoms with E-state index >= 15 is 0 Å². The molecule has 0 radical (unpaired) electrons. The van der Waals surface area contributed by atoms with E-state index in [-0.39, 0.29) is 0 Å². The Labute approximate surface area is 174 Å². The molecule has 4 N–H and O–H groups in total. The summed E-state index contributed by atoms with van der Waals surface area (Å²) in [6.45, 7) is 12.7. The van der Waals surface area contributed by atoms with Gasteiger partial charge < -0.3 is 11.5 Å². The number of nitrogen functional groups attached to an aromatic ring is 2. The SMILES string of the molecule is CCC(C)c1cc(Cc2cc(C(C)CC)c(N)c(C)c2Cl)c(Cl)c(C)c1N. The molecule has 0 aliphatic rings. The van der Waals surface area contributed by atoms with Crippen molar-refractivity contribution in [1.82, 2.24) is 0 Å². The molecule has 4 heteroatoms. The Morgan fingerprint density at radius 2 is 1.11 bits per heavy atom. The van der Waals surface area contributed by atoms with E-state index in [0.29, 0.717) is 18.3 Å². The molecule has 0 bridgehead atoms. The van der Waals surface area contributed by atoms with Gasteiger partial charge in [-0.05, 0) is 71.9 Å². The Balaban J connectivity index is 2.60. The van der Waals surface area contributed by atoms with Gasteiger partial charge >= 0.3 is 0 Å². The second-order valence-electron chi connectivity index (χ2n) is 7.75. The van der Waals surface area contributed by atoms with Crippen molar-refractivity contribution in [2.24, 2.45) is 0 Å². The number of hydrogen-bond donors (Lipinski definition) is 2. The molecule has 0 fully saturated rings. The van der Waals surface area contributed by atoms with Gasteiger partial charge in [-0.25, -0.2) is 0 Å². The van der Waals surface area contributed by atoms with Crippen molar-refractivity contribution in [2.45, 2.75) is 72.6 Å². The van der Waals surface area contributed by atoms with E-state index in [2.05, 4.69) is 39.8 Å². The van der Waals surface area contributed by atoms with Crippen LogP contribution < -0.4 is 11.5 Å². The van der Waals surface area contributed by atoms with Crippen LogP contribution in [-0.2, 0) is 6.42 Å². The second kappa shape index (κ2) is 8.75. The van der Waals surface area contributed by atoms with E-state index in [1.807, 2.05) is 13.8 Å². The Morgan fingerprint density at radius 1 is 0.778 bits per heavy atom. The molecule has 0 heterocycles. The van der Waals surface area contributed by atoms with E-state index in [1.165, 1.54) is 11.1 Å². The molecule has 2 aromatic rings. The molecule has 0 aliphatic carbocycles. The molecule has 2 nitrogen and oxygen atoms in total. The number of rotatable bonds is 6. The van der Waals surface area contributed by atoms with Gasteiger partial charge in [0.15, 0.2) is 0 Å². The molecule has 27 heavy (non-hydrogen) atoms. The van der Waals surface area contributed by atoms with Gasteiger partial charge in [-0.2, -0.15) is 0 Å². The first kappa shape index (κ1) is 21.9. The number of nitrogens with two attached hydrogens (primary N) is 2. The van der Waals surface area contributed by atoms with Gasteiger partial charge in [-0.15, -0.1) is 0 Å². The lowest BCUT2D eigenvalue weighted by molar-refractivity contribution is 0.732. The zero-order valence-corrected chi connectivity index (χ0v) is 18.9. The van der Waals surface area contributed by atoms with Gasteiger partial charge in [-0.3, -0.25) is 0 Å². The molecule has 148 valence electrons. The summed E-state index contributed by atoms with van der Waals surface area (Å²) >= 11 is 13.3. The van der Waals surface area contributed by atoms with Crippen LogP contribution in [0.3, 0.4) is 0 Å². The highest BCUT2D eigenvalue weighted by Gasteiger charge is 2.19. The van der Waals surface area contributed by atoms with Crippen molar-refractivity contribution in [1.29, 1.82) is 0 Å². The minimum absolute atomic E-state index is 0.388. The maximum atomic E-state index is 6.67. The molecule has 0 saturated heterocycles. The average Bonchev–Trinajstić information content (AvgIpc) is 2.67. The lowest BCUT2D eigenvalue weighted by Gasteiger charge is -2.21. The molecule has 2 unspecified atom stereocenters. The zero-order valence-electron chi connectivity index (χ0n) is 17.3. The van der Waals surface area contributed by atoms with Gasteiger partial charge in [0, 0.05) is 27.8 Å². The van der Waals surface area contributed by atoms with Crippen molar-refractivity contribution >= 4 is 34.6 Å². The molecular weight excluding hydrogens is 375 g/mol. The van der Waals surface area contributed by atoms with Crippen LogP contribution in [-0.4, -0.2) is 0 Å². The summed E-state index contributed by atoms with van der Waals surface area (Å²) in [6.07, 6.45) is 2.74. The van der Waals surface area contributed by atoms with Crippen molar-refractivity contribution in [3.8, 4) is 0 Å². The highest BCUT2D eigenvalue weighted by atomic mass is 35.5. The number of benzene rings is 2. The first-order valence-corrected chi connectivity index (χ1v) is 10.5. The van der Waals surface area contributed by atoms with Crippen molar-refractivity contribution in [2.75, 3.05) is 11.5 Å². The third-order valence-electron chi connectivity index (χ3n) is 5.98. The molecule has 0 aliphatic heterocycles. The predicted octanol–water partition coefficient (Wildman–Crippen LogP) is 7.39. The molecule has 0 spiro atoms. The fourth-order valence-corrected chi connectivity index (χ4v) is 3.97. The van der Waals surface area contributed by atoms with Crippen LogP contribution in [0.15, 0.2) is 12.1 Å². The lowest BCUT2D eigenvalue weighted by atomic mass is 9.88. The van der Waals surface area contributed by atoms with E-state index in [4.69, 9.17) is 34.7 Å².